The Balaban J connectivity index is 1.68. The molecule has 8 nitrogen and oxygen atoms in total. The molecule has 9 heteroatoms. The minimum absolute atomic E-state index is 0.00802. The number of benzene rings is 3. The van der Waals surface area contributed by atoms with Gasteiger partial charge in [-0.25, -0.2) is 13.6 Å². The van der Waals surface area contributed by atoms with E-state index in [4.69, 9.17) is 9.88 Å². The number of aliphatic hydroxyl groups excluding tert-OH is 1. The van der Waals surface area contributed by atoms with E-state index in [-0.39, 0.29) is 22.8 Å². The fourth-order valence-electron chi connectivity index (χ4n) is 4.22. The Morgan fingerprint density at radius 3 is 2.19 bits per heavy atom. The Morgan fingerprint density at radius 1 is 0.972 bits per heavy atom. The van der Waals surface area contributed by atoms with Gasteiger partial charge >= 0.3 is 0 Å². The number of nitrogens with zero attached hydrogens (tertiary/aromatic N) is 1. The number of ketones is 1. The lowest BCUT2D eigenvalue weighted by atomic mass is 9.95. The quantitative estimate of drug-likeness (QED) is 0.274. The van der Waals surface area contributed by atoms with Gasteiger partial charge in [0.25, 0.3) is 11.7 Å². The molecule has 0 spiro atoms. The SMILES string of the molecule is CCOc1ccc(/C(O)=C2\C(=O)C(=O)N(CCc3ccc(S(N)(=O)=O)cc3)C2c2ccccc2)cc1. The Kier molecular flexibility index (Phi) is 7.23. The van der Waals surface area contributed by atoms with E-state index in [0.29, 0.717) is 29.9 Å². The van der Waals surface area contributed by atoms with E-state index in [2.05, 4.69) is 0 Å². The molecule has 0 aliphatic carbocycles. The van der Waals surface area contributed by atoms with Crippen LogP contribution in [0, 0.1) is 0 Å². The molecule has 1 unspecified atom stereocenters. The molecule has 3 aromatic carbocycles. The second-order valence-electron chi connectivity index (χ2n) is 8.30. The van der Waals surface area contributed by atoms with E-state index in [1.54, 1.807) is 60.7 Å². The van der Waals surface area contributed by atoms with Gasteiger partial charge in [-0.15, -0.1) is 0 Å². The van der Waals surface area contributed by atoms with E-state index in [1.807, 2.05) is 13.0 Å². The van der Waals surface area contributed by atoms with Gasteiger partial charge in [-0.3, -0.25) is 9.59 Å². The zero-order valence-corrected chi connectivity index (χ0v) is 20.4. The summed E-state index contributed by atoms with van der Waals surface area (Å²) in [5.74, 6) is -1.11. The van der Waals surface area contributed by atoms with Crippen molar-refractivity contribution < 1.29 is 27.9 Å². The van der Waals surface area contributed by atoms with Crippen LogP contribution in [0.2, 0.25) is 0 Å². The van der Waals surface area contributed by atoms with Crippen LogP contribution < -0.4 is 9.88 Å². The van der Waals surface area contributed by atoms with Crippen molar-refractivity contribution in [2.75, 3.05) is 13.2 Å². The van der Waals surface area contributed by atoms with Crippen LogP contribution in [0.1, 0.15) is 29.7 Å². The summed E-state index contributed by atoms with van der Waals surface area (Å²) in [5.41, 5.74) is 1.87. The number of rotatable bonds is 8. The number of likely N-dealkylation sites (tertiary alicyclic amines) is 1. The van der Waals surface area contributed by atoms with Gasteiger partial charge < -0.3 is 14.7 Å². The van der Waals surface area contributed by atoms with Crippen molar-refractivity contribution in [1.82, 2.24) is 4.90 Å². The largest absolute Gasteiger partial charge is 0.507 e. The van der Waals surface area contributed by atoms with Crippen molar-refractivity contribution in [3.8, 4) is 5.75 Å². The first kappa shape index (κ1) is 25.2. The van der Waals surface area contributed by atoms with E-state index in [0.717, 1.165) is 5.56 Å². The minimum atomic E-state index is -3.81. The van der Waals surface area contributed by atoms with Gasteiger partial charge in [0.05, 0.1) is 23.1 Å². The topological polar surface area (TPSA) is 127 Å². The molecule has 4 rings (SSSR count). The van der Waals surface area contributed by atoms with Crippen molar-refractivity contribution in [2.45, 2.75) is 24.3 Å². The summed E-state index contributed by atoms with van der Waals surface area (Å²) in [5, 5.41) is 16.3. The molecule has 3 N–H and O–H groups in total. The Labute approximate surface area is 209 Å². The molecule has 0 aromatic heterocycles. The zero-order valence-electron chi connectivity index (χ0n) is 19.6. The number of hydrogen-bond donors (Lipinski definition) is 2. The summed E-state index contributed by atoms with van der Waals surface area (Å²) in [6.45, 7) is 2.54. The first-order chi connectivity index (χ1) is 17.2. The molecule has 1 atom stereocenters. The number of primary sulfonamides is 1. The van der Waals surface area contributed by atoms with Crippen LogP contribution >= 0.6 is 0 Å². The van der Waals surface area contributed by atoms with Crippen LogP contribution in [0.3, 0.4) is 0 Å². The molecule has 186 valence electrons. The molecule has 0 saturated carbocycles. The van der Waals surface area contributed by atoms with Crippen molar-refractivity contribution in [3.05, 3.63) is 101 Å². The van der Waals surface area contributed by atoms with Crippen LogP contribution in [-0.2, 0) is 26.0 Å². The fourth-order valence-corrected chi connectivity index (χ4v) is 4.73. The minimum Gasteiger partial charge on any atom is -0.507 e. The third-order valence-corrected chi connectivity index (χ3v) is 6.92. The number of ether oxygens (including phenoxy) is 1. The Morgan fingerprint density at radius 2 is 1.61 bits per heavy atom. The van der Waals surface area contributed by atoms with E-state index >= 15 is 0 Å². The summed E-state index contributed by atoms with van der Waals surface area (Å²) < 4.78 is 28.5. The highest BCUT2D eigenvalue weighted by Gasteiger charge is 2.45. The highest BCUT2D eigenvalue weighted by atomic mass is 32.2. The van der Waals surface area contributed by atoms with E-state index < -0.39 is 27.8 Å². The van der Waals surface area contributed by atoms with Gasteiger partial charge in [-0.1, -0.05) is 42.5 Å². The van der Waals surface area contributed by atoms with Gasteiger partial charge in [0.2, 0.25) is 10.0 Å². The summed E-state index contributed by atoms with van der Waals surface area (Å²) >= 11 is 0. The normalized spacial score (nSPS) is 17.4. The first-order valence-electron chi connectivity index (χ1n) is 11.4. The molecular formula is C27H26N2O6S. The van der Waals surface area contributed by atoms with Crippen LogP contribution in [0.5, 0.6) is 5.75 Å². The van der Waals surface area contributed by atoms with Gasteiger partial charge in [0.1, 0.15) is 11.5 Å². The Bertz CT molecular complexity index is 1400. The van der Waals surface area contributed by atoms with Gasteiger partial charge in [0, 0.05) is 12.1 Å². The lowest BCUT2D eigenvalue weighted by Crippen LogP contribution is -2.31. The molecular weight excluding hydrogens is 480 g/mol. The number of nitrogens with two attached hydrogens (primary N) is 1. The maximum Gasteiger partial charge on any atom is 0.295 e. The van der Waals surface area contributed by atoms with Gasteiger partial charge in [-0.05, 0) is 60.9 Å². The average molecular weight is 507 g/mol. The van der Waals surface area contributed by atoms with Crippen molar-refractivity contribution in [2.24, 2.45) is 5.14 Å². The summed E-state index contributed by atoms with van der Waals surface area (Å²) in [6.07, 6.45) is 0.365. The van der Waals surface area contributed by atoms with Crippen LogP contribution in [-0.4, -0.2) is 43.3 Å². The van der Waals surface area contributed by atoms with Crippen molar-refractivity contribution >= 4 is 27.5 Å². The molecule has 1 aliphatic heterocycles. The second-order valence-corrected chi connectivity index (χ2v) is 9.86. The molecule has 3 aromatic rings. The molecule has 0 radical (unpaired) electrons. The molecule has 1 saturated heterocycles. The summed E-state index contributed by atoms with van der Waals surface area (Å²) in [4.78, 5) is 27.7. The molecule has 36 heavy (non-hydrogen) atoms. The van der Waals surface area contributed by atoms with Gasteiger partial charge in [-0.2, -0.15) is 0 Å². The predicted molar refractivity (Wildman–Crippen MR) is 135 cm³/mol. The number of aliphatic hydroxyl groups is 1. The molecule has 1 aliphatic rings. The number of Topliss-reactive ketones (excluding diaryl/α,β-unsaturated/α-hetero) is 1. The lowest BCUT2D eigenvalue weighted by Gasteiger charge is -2.25. The summed E-state index contributed by atoms with van der Waals surface area (Å²) in [6, 6.07) is 21.0. The first-order valence-corrected chi connectivity index (χ1v) is 12.9. The van der Waals surface area contributed by atoms with Crippen molar-refractivity contribution in [3.63, 3.8) is 0 Å². The second kappa shape index (κ2) is 10.3. The number of carbonyl (C=O) groups is 2. The zero-order chi connectivity index (χ0) is 25.9. The van der Waals surface area contributed by atoms with Crippen LogP contribution in [0.4, 0.5) is 0 Å². The average Bonchev–Trinajstić information content (AvgIpc) is 3.13. The predicted octanol–water partition coefficient (Wildman–Crippen LogP) is 3.40. The van der Waals surface area contributed by atoms with Crippen LogP contribution in [0.25, 0.3) is 5.76 Å². The monoisotopic (exact) mass is 506 g/mol. The maximum absolute atomic E-state index is 13.1. The fraction of sp³-hybridized carbons (Fsp3) is 0.185. The standard InChI is InChI=1S/C27H26N2O6S/c1-2-35-21-12-10-20(11-13-21)25(30)23-24(19-6-4-3-5-7-19)29(27(32)26(23)31)17-16-18-8-14-22(15-9-18)36(28,33)34/h3-15,24,30H,2,16-17H2,1H3,(H2,28,33,34)/b25-23+. The Hall–Kier alpha value is -3.95. The number of hydrogen-bond acceptors (Lipinski definition) is 6. The van der Waals surface area contributed by atoms with E-state index in [1.165, 1.54) is 17.0 Å². The molecule has 1 amide bonds. The number of carbonyl (C=O) groups excluding carboxylic acids is 2. The lowest BCUT2D eigenvalue weighted by molar-refractivity contribution is -0.139. The highest BCUT2D eigenvalue weighted by molar-refractivity contribution is 7.89. The molecule has 1 fully saturated rings. The van der Waals surface area contributed by atoms with E-state index in [9.17, 15) is 23.1 Å². The molecule has 1 heterocycles. The third-order valence-electron chi connectivity index (χ3n) is 5.99. The maximum atomic E-state index is 13.1. The van der Waals surface area contributed by atoms with Crippen LogP contribution in [0.15, 0.2) is 89.3 Å². The molecule has 0 bridgehead atoms. The van der Waals surface area contributed by atoms with Gasteiger partial charge in [0.15, 0.2) is 0 Å². The highest BCUT2D eigenvalue weighted by Crippen LogP contribution is 2.39. The van der Waals surface area contributed by atoms with Crippen molar-refractivity contribution in [1.29, 1.82) is 0 Å². The smallest absolute Gasteiger partial charge is 0.295 e. The third kappa shape index (κ3) is 5.17. The number of sulfonamides is 1. The number of amides is 1. The summed E-state index contributed by atoms with van der Waals surface area (Å²) in [7, 11) is -3.81.